The van der Waals surface area contributed by atoms with Crippen molar-refractivity contribution >= 4 is 10.0 Å². The molecular formula is C15H17NO3S. The van der Waals surface area contributed by atoms with Gasteiger partial charge in [0.1, 0.15) is 5.76 Å². The molecule has 2 unspecified atom stereocenters. The molecule has 1 aliphatic rings. The summed E-state index contributed by atoms with van der Waals surface area (Å²) < 4.78 is 32.3. The molecule has 2 aromatic rings. The molecule has 1 aromatic carbocycles. The average Bonchev–Trinajstić information content (AvgIpc) is 3.00. The Kier molecular flexibility index (Phi) is 3.40. The van der Waals surface area contributed by atoms with E-state index in [1.54, 1.807) is 30.5 Å². The fraction of sp³-hybridized carbons (Fsp3) is 0.333. The number of rotatable bonds is 5. The average molecular weight is 291 g/mol. The zero-order chi connectivity index (χ0) is 14.2. The first-order valence-corrected chi connectivity index (χ1v) is 8.14. The smallest absolute Gasteiger partial charge is 0.240 e. The van der Waals surface area contributed by atoms with Crippen LogP contribution in [0.5, 0.6) is 0 Å². The van der Waals surface area contributed by atoms with Crippen LogP contribution in [-0.2, 0) is 10.0 Å². The Labute approximate surface area is 118 Å². The fourth-order valence-corrected chi connectivity index (χ4v) is 3.44. The van der Waals surface area contributed by atoms with Gasteiger partial charge in [0.2, 0.25) is 10.0 Å². The Balaban J connectivity index is 1.60. The lowest BCUT2D eigenvalue weighted by atomic mass is 10.2. The second-order valence-electron chi connectivity index (χ2n) is 5.28. The quantitative estimate of drug-likeness (QED) is 0.921. The third-order valence-corrected chi connectivity index (χ3v) is 5.14. The van der Waals surface area contributed by atoms with E-state index < -0.39 is 10.0 Å². The first-order chi connectivity index (χ1) is 9.56. The molecule has 0 radical (unpaired) electrons. The highest BCUT2D eigenvalue weighted by atomic mass is 32.2. The van der Waals surface area contributed by atoms with Gasteiger partial charge < -0.3 is 4.42 Å². The summed E-state index contributed by atoms with van der Waals surface area (Å²) in [6.45, 7) is 2.39. The molecule has 5 heteroatoms. The summed E-state index contributed by atoms with van der Waals surface area (Å²) in [4.78, 5) is 0.318. The molecule has 3 rings (SSSR count). The number of aryl methyl sites for hydroxylation is 1. The fourth-order valence-electron chi connectivity index (χ4n) is 2.34. The standard InChI is InChI=1S/C15H17NO3S/c1-11-4-6-13(7-5-11)20(17,18)16-10-12-9-14(12)15-3-2-8-19-15/h2-8,12,14,16H,9-10H2,1H3. The van der Waals surface area contributed by atoms with E-state index in [9.17, 15) is 8.42 Å². The van der Waals surface area contributed by atoms with Crippen LogP contribution in [0, 0.1) is 12.8 Å². The second-order valence-corrected chi connectivity index (χ2v) is 7.05. The van der Waals surface area contributed by atoms with Crippen molar-refractivity contribution in [3.05, 3.63) is 54.0 Å². The van der Waals surface area contributed by atoms with Crippen molar-refractivity contribution in [2.24, 2.45) is 5.92 Å². The van der Waals surface area contributed by atoms with Gasteiger partial charge in [-0.1, -0.05) is 17.7 Å². The molecule has 1 heterocycles. The Bertz CT molecular complexity index is 674. The van der Waals surface area contributed by atoms with E-state index in [0.29, 0.717) is 23.3 Å². The number of furan rings is 1. The summed E-state index contributed by atoms with van der Waals surface area (Å²) >= 11 is 0. The summed E-state index contributed by atoms with van der Waals surface area (Å²) in [6, 6.07) is 10.7. The number of sulfonamides is 1. The predicted octanol–water partition coefficient (Wildman–Crippen LogP) is 2.67. The summed E-state index contributed by atoms with van der Waals surface area (Å²) in [6.07, 6.45) is 2.63. The van der Waals surface area contributed by atoms with Gasteiger partial charge >= 0.3 is 0 Å². The Hall–Kier alpha value is -1.59. The van der Waals surface area contributed by atoms with Crippen LogP contribution in [0.2, 0.25) is 0 Å². The van der Waals surface area contributed by atoms with Gasteiger partial charge in [0.05, 0.1) is 11.2 Å². The minimum atomic E-state index is -3.40. The zero-order valence-electron chi connectivity index (χ0n) is 11.2. The molecule has 0 spiro atoms. The molecule has 0 bridgehead atoms. The number of nitrogens with one attached hydrogen (secondary N) is 1. The van der Waals surface area contributed by atoms with E-state index in [4.69, 9.17) is 4.42 Å². The van der Waals surface area contributed by atoms with E-state index in [1.807, 2.05) is 19.1 Å². The predicted molar refractivity (Wildman–Crippen MR) is 75.9 cm³/mol. The van der Waals surface area contributed by atoms with Gasteiger partial charge in [0.15, 0.2) is 0 Å². The maximum atomic E-state index is 12.1. The Morgan fingerprint density at radius 2 is 2.00 bits per heavy atom. The largest absolute Gasteiger partial charge is 0.469 e. The number of hydrogen-bond donors (Lipinski definition) is 1. The van der Waals surface area contributed by atoms with E-state index in [-0.39, 0.29) is 0 Å². The SMILES string of the molecule is Cc1ccc(S(=O)(=O)NCC2CC2c2ccco2)cc1. The maximum absolute atomic E-state index is 12.1. The second kappa shape index (κ2) is 5.07. The highest BCUT2D eigenvalue weighted by Gasteiger charge is 2.40. The summed E-state index contributed by atoms with van der Waals surface area (Å²) in [5.74, 6) is 1.64. The van der Waals surface area contributed by atoms with Crippen molar-refractivity contribution in [3.8, 4) is 0 Å². The van der Waals surface area contributed by atoms with E-state index in [1.165, 1.54) is 0 Å². The van der Waals surface area contributed by atoms with Crippen LogP contribution in [-0.4, -0.2) is 15.0 Å². The van der Waals surface area contributed by atoms with Gasteiger partial charge in [0.25, 0.3) is 0 Å². The number of benzene rings is 1. The molecule has 1 saturated carbocycles. The van der Waals surface area contributed by atoms with Crippen molar-refractivity contribution in [2.75, 3.05) is 6.54 Å². The highest BCUT2D eigenvalue weighted by molar-refractivity contribution is 7.89. The van der Waals surface area contributed by atoms with Crippen LogP contribution in [0.1, 0.15) is 23.7 Å². The number of hydrogen-bond acceptors (Lipinski definition) is 3. The lowest BCUT2D eigenvalue weighted by Gasteiger charge is -2.06. The topological polar surface area (TPSA) is 59.3 Å². The molecule has 2 atom stereocenters. The minimum absolute atomic E-state index is 0.318. The lowest BCUT2D eigenvalue weighted by molar-refractivity contribution is 0.501. The van der Waals surface area contributed by atoms with Gasteiger partial charge in [-0.15, -0.1) is 0 Å². The summed E-state index contributed by atoms with van der Waals surface area (Å²) in [5.41, 5.74) is 1.05. The molecule has 1 aliphatic carbocycles. The zero-order valence-corrected chi connectivity index (χ0v) is 12.1. The first kappa shape index (κ1) is 13.4. The van der Waals surface area contributed by atoms with Gasteiger partial charge in [0, 0.05) is 12.5 Å². The van der Waals surface area contributed by atoms with E-state index >= 15 is 0 Å². The lowest BCUT2D eigenvalue weighted by Crippen LogP contribution is -2.26. The molecule has 0 saturated heterocycles. The molecule has 1 fully saturated rings. The highest BCUT2D eigenvalue weighted by Crippen LogP contribution is 2.47. The summed E-state index contributed by atoms with van der Waals surface area (Å²) in [7, 11) is -3.40. The Morgan fingerprint density at radius 1 is 1.25 bits per heavy atom. The van der Waals surface area contributed by atoms with Gasteiger partial charge in [-0.05, 0) is 43.5 Å². The molecule has 1 aromatic heterocycles. The molecule has 0 aliphatic heterocycles. The molecular weight excluding hydrogens is 274 g/mol. The van der Waals surface area contributed by atoms with Crippen LogP contribution < -0.4 is 4.72 Å². The normalized spacial score (nSPS) is 21.9. The van der Waals surface area contributed by atoms with Gasteiger partial charge in [-0.2, -0.15) is 0 Å². The van der Waals surface area contributed by atoms with E-state index in [2.05, 4.69) is 4.72 Å². The first-order valence-electron chi connectivity index (χ1n) is 6.66. The molecule has 20 heavy (non-hydrogen) atoms. The molecule has 4 nitrogen and oxygen atoms in total. The monoisotopic (exact) mass is 291 g/mol. The van der Waals surface area contributed by atoms with E-state index in [0.717, 1.165) is 17.7 Å². The van der Waals surface area contributed by atoms with Crippen molar-refractivity contribution < 1.29 is 12.8 Å². The van der Waals surface area contributed by atoms with Crippen LogP contribution in [0.25, 0.3) is 0 Å². The molecule has 106 valence electrons. The Morgan fingerprint density at radius 3 is 2.65 bits per heavy atom. The van der Waals surface area contributed by atoms with Crippen molar-refractivity contribution in [3.63, 3.8) is 0 Å². The maximum Gasteiger partial charge on any atom is 0.240 e. The minimum Gasteiger partial charge on any atom is -0.469 e. The van der Waals surface area contributed by atoms with Gasteiger partial charge in [-0.25, -0.2) is 13.1 Å². The third-order valence-electron chi connectivity index (χ3n) is 3.70. The molecule has 1 N–H and O–H groups in total. The third kappa shape index (κ3) is 2.78. The van der Waals surface area contributed by atoms with Crippen molar-refractivity contribution in [2.45, 2.75) is 24.2 Å². The molecule has 0 amide bonds. The summed E-state index contributed by atoms with van der Waals surface area (Å²) in [5, 5.41) is 0. The van der Waals surface area contributed by atoms with Crippen molar-refractivity contribution in [1.29, 1.82) is 0 Å². The van der Waals surface area contributed by atoms with Gasteiger partial charge in [-0.3, -0.25) is 0 Å². The van der Waals surface area contributed by atoms with Crippen LogP contribution in [0.15, 0.2) is 52.0 Å². The van der Waals surface area contributed by atoms with Crippen LogP contribution in [0.4, 0.5) is 0 Å². The van der Waals surface area contributed by atoms with Crippen LogP contribution in [0.3, 0.4) is 0 Å². The van der Waals surface area contributed by atoms with Crippen LogP contribution >= 0.6 is 0 Å². The van der Waals surface area contributed by atoms with Crippen molar-refractivity contribution in [1.82, 2.24) is 4.72 Å².